The average Bonchev–Trinajstić information content (AvgIpc) is 2.71. The maximum atomic E-state index is 15.1. The van der Waals surface area contributed by atoms with Crippen molar-refractivity contribution in [1.82, 2.24) is 0 Å². The molecule has 5 unspecified atom stereocenters. The second kappa shape index (κ2) is 9.47. The van der Waals surface area contributed by atoms with Gasteiger partial charge in [0, 0.05) is 5.92 Å². The highest BCUT2D eigenvalue weighted by Gasteiger charge is 2.47. The van der Waals surface area contributed by atoms with E-state index in [9.17, 15) is 8.78 Å². The predicted octanol–water partition coefficient (Wildman–Crippen LogP) is 7.80. The SMILES string of the molecule is CC1CCC(C2CCC(C3CC(F)C(C4CCC(F)C(F)C4)C(F)C3)CC2)CC1. The molecule has 0 radical (unpaired) electrons. The molecule has 0 bridgehead atoms. The fourth-order valence-corrected chi connectivity index (χ4v) is 7.49. The van der Waals surface area contributed by atoms with Crippen molar-refractivity contribution in [3.8, 4) is 0 Å². The molecule has 0 aromatic carbocycles. The highest BCUT2D eigenvalue weighted by Crippen LogP contribution is 2.49. The van der Waals surface area contributed by atoms with Crippen molar-refractivity contribution in [2.45, 2.75) is 115 Å². The Bertz CT molecular complexity index is 497. The molecular formula is C25H40F4. The minimum atomic E-state index is -1.54. The van der Waals surface area contributed by atoms with Gasteiger partial charge in [-0.1, -0.05) is 19.8 Å². The summed E-state index contributed by atoms with van der Waals surface area (Å²) in [7, 11) is 0. The maximum absolute atomic E-state index is 15.1. The molecule has 0 aliphatic heterocycles. The van der Waals surface area contributed by atoms with E-state index in [4.69, 9.17) is 0 Å². The van der Waals surface area contributed by atoms with Crippen molar-refractivity contribution in [2.24, 2.45) is 41.4 Å². The molecule has 0 N–H and O–H groups in total. The van der Waals surface area contributed by atoms with Crippen LogP contribution in [0.3, 0.4) is 0 Å². The Kier molecular flexibility index (Phi) is 7.16. The van der Waals surface area contributed by atoms with Crippen molar-refractivity contribution in [2.75, 3.05) is 0 Å². The third-order valence-electron chi connectivity index (χ3n) is 9.38. The summed E-state index contributed by atoms with van der Waals surface area (Å²) in [5.74, 6) is 2.15. The van der Waals surface area contributed by atoms with Gasteiger partial charge in [0.15, 0.2) is 0 Å². The Hall–Kier alpha value is -0.280. The zero-order valence-electron chi connectivity index (χ0n) is 18.1. The van der Waals surface area contributed by atoms with E-state index in [0.717, 1.165) is 30.6 Å². The molecule has 168 valence electrons. The van der Waals surface area contributed by atoms with Gasteiger partial charge >= 0.3 is 0 Å². The molecule has 29 heavy (non-hydrogen) atoms. The molecule has 0 spiro atoms. The van der Waals surface area contributed by atoms with Gasteiger partial charge in [0.05, 0.1) is 0 Å². The molecule has 4 aliphatic rings. The van der Waals surface area contributed by atoms with E-state index in [1.807, 2.05) is 0 Å². The van der Waals surface area contributed by atoms with Gasteiger partial charge in [-0.05, 0) is 106 Å². The molecule has 4 saturated carbocycles. The van der Waals surface area contributed by atoms with Crippen LogP contribution in [-0.4, -0.2) is 24.7 Å². The Labute approximate surface area is 174 Å². The van der Waals surface area contributed by atoms with Crippen LogP contribution in [0.25, 0.3) is 0 Å². The first kappa shape index (κ1) is 21.9. The molecule has 0 heterocycles. The van der Waals surface area contributed by atoms with Gasteiger partial charge in [-0.15, -0.1) is 0 Å². The topological polar surface area (TPSA) is 0 Å². The van der Waals surface area contributed by atoms with E-state index in [-0.39, 0.29) is 24.7 Å². The third-order valence-corrected chi connectivity index (χ3v) is 9.38. The largest absolute Gasteiger partial charge is 0.247 e. The van der Waals surface area contributed by atoms with Crippen LogP contribution in [0.5, 0.6) is 0 Å². The lowest BCUT2D eigenvalue weighted by Gasteiger charge is -2.45. The van der Waals surface area contributed by atoms with Gasteiger partial charge in [0.25, 0.3) is 0 Å². The molecule has 4 aliphatic carbocycles. The van der Waals surface area contributed by atoms with Crippen molar-refractivity contribution in [1.29, 1.82) is 0 Å². The fourth-order valence-electron chi connectivity index (χ4n) is 7.49. The molecule has 0 nitrogen and oxygen atoms in total. The van der Waals surface area contributed by atoms with Crippen LogP contribution in [0.1, 0.15) is 90.4 Å². The highest BCUT2D eigenvalue weighted by atomic mass is 19.2. The van der Waals surface area contributed by atoms with Crippen LogP contribution in [0.2, 0.25) is 0 Å². The standard InChI is InChI=1S/C25H40F4/c1-15-2-4-16(5-3-15)17-6-8-18(9-7-17)20-13-23(28)25(24(29)14-20)19-10-11-21(26)22(27)12-19/h15-25H,2-14H2,1H3. The number of hydrogen-bond acceptors (Lipinski definition) is 0. The van der Waals surface area contributed by atoms with Crippen molar-refractivity contribution >= 4 is 0 Å². The molecule has 5 atom stereocenters. The minimum absolute atomic E-state index is 0.00243. The zero-order valence-corrected chi connectivity index (χ0v) is 18.1. The van der Waals surface area contributed by atoms with Crippen molar-refractivity contribution in [3.05, 3.63) is 0 Å². The third kappa shape index (κ3) is 4.97. The Balaban J connectivity index is 1.27. The predicted molar refractivity (Wildman–Crippen MR) is 110 cm³/mol. The molecule has 4 heteroatoms. The fraction of sp³-hybridized carbons (Fsp3) is 1.00. The van der Waals surface area contributed by atoms with Crippen LogP contribution in [0.4, 0.5) is 17.6 Å². The number of rotatable bonds is 3. The highest BCUT2D eigenvalue weighted by molar-refractivity contribution is 4.96. The van der Waals surface area contributed by atoms with Crippen molar-refractivity contribution < 1.29 is 17.6 Å². The van der Waals surface area contributed by atoms with E-state index >= 15 is 8.78 Å². The Morgan fingerprint density at radius 1 is 0.414 bits per heavy atom. The summed E-state index contributed by atoms with van der Waals surface area (Å²) >= 11 is 0. The quantitative estimate of drug-likeness (QED) is 0.412. The lowest BCUT2D eigenvalue weighted by atomic mass is 9.62. The monoisotopic (exact) mass is 416 g/mol. The second-order valence-electron chi connectivity index (χ2n) is 11.1. The van der Waals surface area contributed by atoms with E-state index in [2.05, 4.69) is 6.92 Å². The van der Waals surface area contributed by atoms with Gasteiger partial charge in [0.1, 0.15) is 24.7 Å². The lowest BCUT2D eigenvalue weighted by Crippen LogP contribution is -2.45. The first-order valence-corrected chi connectivity index (χ1v) is 12.5. The maximum Gasteiger partial charge on any atom is 0.131 e. The van der Waals surface area contributed by atoms with E-state index < -0.39 is 30.6 Å². The number of halogens is 4. The number of hydrogen-bond donors (Lipinski definition) is 0. The molecular weight excluding hydrogens is 376 g/mol. The zero-order chi connectivity index (χ0) is 20.5. The molecule has 0 amide bonds. The van der Waals surface area contributed by atoms with Crippen LogP contribution in [-0.2, 0) is 0 Å². The van der Waals surface area contributed by atoms with Crippen LogP contribution < -0.4 is 0 Å². The van der Waals surface area contributed by atoms with Gasteiger partial charge in [-0.3, -0.25) is 0 Å². The van der Waals surface area contributed by atoms with Crippen LogP contribution >= 0.6 is 0 Å². The molecule has 0 aromatic heterocycles. The Morgan fingerprint density at radius 3 is 1.34 bits per heavy atom. The van der Waals surface area contributed by atoms with Crippen LogP contribution in [0.15, 0.2) is 0 Å². The first-order chi connectivity index (χ1) is 13.9. The Morgan fingerprint density at radius 2 is 0.828 bits per heavy atom. The summed E-state index contributed by atoms with van der Waals surface area (Å²) in [6, 6.07) is 0. The smallest absolute Gasteiger partial charge is 0.131 e. The summed E-state index contributed by atoms with van der Waals surface area (Å²) in [6.07, 6.45) is 6.29. The molecule has 4 fully saturated rings. The van der Waals surface area contributed by atoms with Gasteiger partial charge in [0.2, 0.25) is 0 Å². The molecule has 0 aromatic rings. The average molecular weight is 417 g/mol. The van der Waals surface area contributed by atoms with Crippen molar-refractivity contribution in [3.63, 3.8) is 0 Å². The molecule has 0 saturated heterocycles. The van der Waals surface area contributed by atoms with Crippen LogP contribution in [0, 0.1) is 41.4 Å². The summed E-state index contributed by atoms with van der Waals surface area (Å²) in [5, 5.41) is 0. The van der Waals surface area contributed by atoms with E-state index in [1.54, 1.807) is 0 Å². The summed E-state index contributed by atoms with van der Waals surface area (Å²) < 4.78 is 57.4. The normalized spacial score (nSPS) is 52.2. The van der Waals surface area contributed by atoms with Gasteiger partial charge < -0.3 is 0 Å². The minimum Gasteiger partial charge on any atom is -0.247 e. The molecule has 4 rings (SSSR count). The number of alkyl halides is 4. The van der Waals surface area contributed by atoms with E-state index in [0.29, 0.717) is 25.2 Å². The summed E-state index contributed by atoms with van der Waals surface area (Å²) in [5.41, 5.74) is 0. The first-order valence-electron chi connectivity index (χ1n) is 12.5. The van der Waals surface area contributed by atoms with E-state index in [1.165, 1.54) is 38.5 Å². The second-order valence-corrected chi connectivity index (χ2v) is 11.1. The van der Waals surface area contributed by atoms with Gasteiger partial charge in [-0.25, -0.2) is 17.6 Å². The summed E-state index contributed by atoms with van der Waals surface area (Å²) in [4.78, 5) is 0. The summed E-state index contributed by atoms with van der Waals surface area (Å²) in [6.45, 7) is 2.36. The lowest BCUT2D eigenvalue weighted by molar-refractivity contribution is -0.0398. The van der Waals surface area contributed by atoms with Gasteiger partial charge in [-0.2, -0.15) is 0 Å².